The van der Waals surface area contributed by atoms with Gasteiger partial charge in [-0.25, -0.2) is 0 Å². The molecule has 2 amide bonds. The minimum atomic E-state index is -0.0339. The van der Waals surface area contributed by atoms with E-state index in [1.807, 2.05) is 6.92 Å². The second-order valence-electron chi connectivity index (χ2n) is 4.65. The van der Waals surface area contributed by atoms with E-state index in [0.717, 1.165) is 25.7 Å². The highest BCUT2D eigenvalue weighted by Gasteiger charge is 2.34. The number of rotatable bonds is 9. The number of unbranched alkanes of at least 4 members (excludes halogenated alkanes) is 2. The number of aliphatic hydroxyl groups is 1. The van der Waals surface area contributed by atoms with Crippen molar-refractivity contribution in [1.29, 1.82) is 0 Å². The molecule has 1 rings (SSSR count). The fourth-order valence-electron chi connectivity index (χ4n) is 1.97. The van der Waals surface area contributed by atoms with Crippen LogP contribution in [0.2, 0.25) is 0 Å². The van der Waals surface area contributed by atoms with Crippen LogP contribution >= 0.6 is 24.0 Å². The Labute approximate surface area is 129 Å². The van der Waals surface area contributed by atoms with Crippen LogP contribution in [0.15, 0.2) is 0 Å². The largest absolute Gasteiger partial charge is 0.395 e. The van der Waals surface area contributed by atoms with Crippen LogP contribution in [0.1, 0.15) is 39.0 Å². The Hall–Kier alpha value is -0.660. The van der Waals surface area contributed by atoms with E-state index in [-0.39, 0.29) is 23.7 Å². The van der Waals surface area contributed by atoms with Gasteiger partial charge in [0.1, 0.15) is 4.32 Å². The summed E-state index contributed by atoms with van der Waals surface area (Å²) in [5.41, 5.74) is 0. The lowest BCUT2D eigenvalue weighted by atomic mass is 10.1. The lowest BCUT2D eigenvalue weighted by Crippen LogP contribution is -2.32. The molecule has 1 atom stereocenters. The predicted molar refractivity (Wildman–Crippen MR) is 84.5 cm³/mol. The van der Waals surface area contributed by atoms with Gasteiger partial charge in [0.15, 0.2) is 0 Å². The van der Waals surface area contributed by atoms with E-state index < -0.39 is 0 Å². The molecule has 0 aliphatic carbocycles. The standard InChI is InChI=1S/C13H22N2O3S2/c1-2-10-12(18)15(13(19)20-10)8-5-3-4-6-11(17)14-7-9-16/h10,16H,2-9H2,1H3,(H,14,17). The Morgan fingerprint density at radius 2 is 2.20 bits per heavy atom. The van der Waals surface area contributed by atoms with E-state index in [9.17, 15) is 9.59 Å². The molecule has 0 aromatic carbocycles. The molecule has 1 fully saturated rings. The molecule has 0 radical (unpaired) electrons. The molecular weight excluding hydrogens is 296 g/mol. The van der Waals surface area contributed by atoms with Crippen molar-refractivity contribution in [3.63, 3.8) is 0 Å². The number of nitrogens with one attached hydrogen (secondary N) is 1. The van der Waals surface area contributed by atoms with Crippen LogP contribution in [0.5, 0.6) is 0 Å². The first-order valence-electron chi connectivity index (χ1n) is 6.99. The summed E-state index contributed by atoms with van der Waals surface area (Å²) in [5.74, 6) is 0.0941. The second kappa shape index (κ2) is 9.31. The molecule has 1 aliphatic heterocycles. The van der Waals surface area contributed by atoms with Crippen LogP contribution in [-0.4, -0.2) is 51.1 Å². The molecule has 114 valence electrons. The van der Waals surface area contributed by atoms with Gasteiger partial charge in [0, 0.05) is 19.5 Å². The first-order chi connectivity index (χ1) is 9.60. The minimum Gasteiger partial charge on any atom is -0.395 e. The van der Waals surface area contributed by atoms with Crippen LogP contribution in [0, 0.1) is 0 Å². The Bertz CT molecular complexity index is 364. The van der Waals surface area contributed by atoms with Gasteiger partial charge in [-0.2, -0.15) is 0 Å². The minimum absolute atomic E-state index is 0.00763. The molecule has 20 heavy (non-hydrogen) atoms. The average Bonchev–Trinajstić information content (AvgIpc) is 2.71. The van der Waals surface area contributed by atoms with Crippen molar-refractivity contribution in [3.05, 3.63) is 0 Å². The maximum atomic E-state index is 12.0. The quantitative estimate of drug-likeness (QED) is 0.495. The summed E-state index contributed by atoms with van der Waals surface area (Å²) in [6.45, 7) is 2.92. The highest BCUT2D eigenvalue weighted by atomic mass is 32.2. The third kappa shape index (κ3) is 5.38. The summed E-state index contributed by atoms with van der Waals surface area (Å²) in [6, 6.07) is 0. The summed E-state index contributed by atoms with van der Waals surface area (Å²) >= 11 is 6.69. The molecule has 0 saturated carbocycles. The number of amides is 2. The number of nitrogens with zero attached hydrogens (tertiary/aromatic N) is 1. The number of carbonyl (C=O) groups is 2. The van der Waals surface area contributed by atoms with Crippen LogP contribution in [0.4, 0.5) is 0 Å². The molecule has 1 aliphatic rings. The molecule has 7 heteroatoms. The number of thioether (sulfide) groups is 1. The topological polar surface area (TPSA) is 69.6 Å². The van der Waals surface area contributed by atoms with E-state index in [1.54, 1.807) is 4.90 Å². The predicted octanol–water partition coefficient (Wildman–Crippen LogP) is 1.29. The highest BCUT2D eigenvalue weighted by Crippen LogP contribution is 2.29. The lowest BCUT2D eigenvalue weighted by Gasteiger charge is -2.15. The zero-order chi connectivity index (χ0) is 15.0. The van der Waals surface area contributed by atoms with Crippen LogP contribution in [0.25, 0.3) is 0 Å². The van der Waals surface area contributed by atoms with Crippen molar-refractivity contribution in [3.8, 4) is 0 Å². The SMILES string of the molecule is CCC1SC(=S)N(CCCCCC(=O)NCCO)C1=O. The molecule has 2 N–H and O–H groups in total. The van der Waals surface area contributed by atoms with Gasteiger partial charge in [0.25, 0.3) is 0 Å². The molecule has 0 aromatic heterocycles. The van der Waals surface area contributed by atoms with Crippen molar-refractivity contribution in [2.75, 3.05) is 19.7 Å². The summed E-state index contributed by atoms with van der Waals surface area (Å²) in [4.78, 5) is 25.0. The molecule has 5 nitrogen and oxygen atoms in total. The van der Waals surface area contributed by atoms with Gasteiger partial charge in [-0.1, -0.05) is 37.3 Å². The fourth-order valence-corrected chi connectivity index (χ4v) is 3.45. The van der Waals surface area contributed by atoms with Gasteiger partial charge in [-0.15, -0.1) is 0 Å². The zero-order valence-corrected chi connectivity index (χ0v) is 13.4. The Balaban J connectivity index is 2.14. The monoisotopic (exact) mass is 318 g/mol. The van der Waals surface area contributed by atoms with E-state index in [0.29, 0.717) is 23.8 Å². The summed E-state index contributed by atoms with van der Waals surface area (Å²) in [5, 5.41) is 11.2. The molecule has 1 unspecified atom stereocenters. The third-order valence-corrected chi connectivity index (χ3v) is 4.85. The first kappa shape index (κ1) is 17.4. The summed E-state index contributed by atoms with van der Waals surface area (Å²) in [7, 11) is 0. The van der Waals surface area contributed by atoms with Gasteiger partial charge in [0.05, 0.1) is 11.9 Å². The van der Waals surface area contributed by atoms with Crippen molar-refractivity contribution < 1.29 is 14.7 Å². The average molecular weight is 318 g/mol. The van der Waals surface area contributed by atoms with Gasteiger partial charge in [-0.3, -0.25) is 14.5 Å². The first-order valence-corrected chi connectivity index (χ1v) is 8.28. The van der Waals surface area contributed by atoms with Crippen LogP contribution in [0.3, 0.4) is 0 Å². The highest BCUT2D eigenvalue weighted by molar-refractivity contribution is 8.24. The van der Waals surface area contributed by atoms with Crippen molar-refractivity contribution >= 4 is 40.1 Å². The van der Waals surface area contributed by atoms with Gasteiger partial charge >= 0.3 is 0 Å². The smallest absolute Gasteiger partial charge is 0.241 e. The Kier molecular flexibility index (Phi) is 8.09. The molecule has 0 bridgehead atoms. The molecule has 0 spiro atoms. The van der Waals surface area contributed by atoms with Gasteiger partial charge in [-0.05, 0) is 19.3 Å². The number of thiocarbonyl (C=S) groups is 1. The number of aliphatic hydroxyl groups excluding tert-OH is 1. The molecule has 0 aromatic rings. The van der Waals surface area contributed by atoms with Crippen LogP contribution < -0.4 is 5.32 Å². The molecular formula is C13H22N2O3S2. The van der Waals surface area contributed by atoms with Gasteiger partial charge < -0.3 is 10.4 Å². The summed E-state index contributed by atoms with van der Waals surface area (Å²) < 4.78 is 0.683. The normalized spacial score (nSPS) is 18.7. The van der Waals surface area contributed by atoms with E-state index in [1.165, 1.54) is 11.8 Å². The summed E-state index contributed by atoms with van der Waals surface area (Å²) in [6.07, 6.45) is 3.81. The number of hydrogen-bond acceptors (Lipinski definition) is 5. The molecule has 1 saturated heterocycles. The van der Waals surface area contributed by atoms with Crippen LogP contribution in [-0.2, 0) is 9.59 Å². The Morgan fingerprint density at radius 3 is 2.80 bits per heavy atom. The maximum absolute atomic E-state index is 12.0. The molecule has 1 heterocycles. The fraction of sp³-hybridized carbons (Fsp3) is 0.769. The number of carbonyl (C=O) groups excluding carboxylic acids is 2. The lowest BCUT2D eigenvalue weighted by molar-refractivity contribution is -0.126. The van der Waals surface area contributed by atoms with E-state index in [2.05, 4.69) is 5.32 Å². The van der Waals surface area contributed by atoms with E-state index in [4.69, 9.17) is 17.3 Å². The second-order valence-corrected chi connectivity index (χ2v) is 6.49. The number of hydrogen-bond donors (Lipinski definition) is 2. The van der Waals surface area contributed by atoms with E-state index >= 15 is 0 Å². The Morgan fingerprint density at radius 1 is 1.45 bits per heavy atom. The van der Waals surface area contributed by atoms with Gasteiger partial charge in [0.2, 0.25) is 11.8 Å². The third-order valence-electron chi connectivity index (χ3n) is 3.10. The van der Waals surface area contributed by atoms with Crippen molar-refractivity contribution in [2.45, 2.75) is 44.3 Å². The maximum Gasteiger partial charge on any atom is 0.241 e. The van der Waals surface area contributed by atoms with Crippen molar-refractivity contribution in [1.82, 2.24) is 10.2 Å². The van der Waals surface area contributed by atoms with Crippen molar-refractivity contribution in [2.24, 2.45) is 0 Å². The zero-order valence-electron chi connectivity index (χ0n) is 11.8.